The Morgan fingerprint density at radius 1 is 1.20 bits per heavy atom. The van der Waals surface area contributed by atoms with Crippen molar-refractivity contribution in [3.63, 3.8) is 0 Å². The molecule has 0 spiro atoms. The lowest BCUT2D eigenvalue weighted by Crippen LogP contribution is -2.55. The topological polar surface area (TPSA) is 112 Å². The molecule has 1 fully saturated rings. The molecule has 1 aliphatic rings. The summed E-state index contributed by atoms with van der Waals surface area (Å²) in [6.45, 7) is 12.8. The molecule has 2 atom stereocenters. The maximum absolute atomic E-state index is 14.7. The van der Waals surface area contributed by atoms with Crippen molar-refractivity contribution in [1.82, 2.24) is 10.3 Å². The highest BCUT2D eigenvalue weighted by Gasteiger charge is 2.32. The van der Waals surface area contributed by atoms with Crippen molar-refractivity contribution in [2.45, 2.75) is 44.9 Å². The lowest BCUT2D eigenvalue weighted by Gasteiger charge is -2.37. The fourth-order valence-corrected chi connectivity index (χ4v) is 4.62. The Labute approximate surface area is 236 Å². The average Bonchev–Trinajstić information content (AvgIpc) is 2.92. The van der Waals surface area contributed by atoms with Gasteiger partial charge in [-0.05, 0) is 57.0 Å². The summed E-state index contributed by atoms with van der Waals surface area (Å²) >= 11 is 0. The number of alkyl carbamates (subject to hydrolysis) is 1. The van der Waals surface area contributed by atoms with Gasteiger partial charge in [0.25, 0.3) is 0 Å². The van der Waals surface area contributed by atoms with E-state index in [0.29, 0.717) is 24.3 Å². The second kappa shape index (κ2) is 11.8. The van der Waals surface area contributed by atoms with E-state index >= 15 is 0 Å². The van der Waals surface area contributed by atoms with E-state index in [1.165, 1.54) is 37.4 Å². The number of amides is 1. The first-order valence-electron chi connectivity index (χ1n) is 12.8. The molecule has 2 aromatic carbocycles. The van der Waals surface area contributed by atoms with Crippen molar-refractivity contribution in [3.05, 3.63) is 71.1 Å². The summed E-state index contributed by atoms with van der Waals surface area (Å²) in [6.07, 6.45) is -1.25. The number of carbonyl (C=O) groups excluding carboxylic acids is 1. The van der Waals surface area contributed by atoms with Crippen LogP contribution in [0.2, 0.25) is 0 Å². The van der Waals surface area contributed by atoms with Gasteiger partial charge >= 0.3 is 6.09 Å². The third-order valence-electron chi connectivity index (χ3n) is 6.52. The maximum atomic E-state index is 14.7. The lowest BCUT2D eigenvalue weighted by atomic mass is 9.94. The number of aliphatic hydroxyl groups is 1. The van der Waals surface area contributed by atoms with Crippen LogP contribution in [-0.4, -0.2) is 54.1 Å². The Morgan fingerprint density at radius 3 is 2.49 bits per heavy atom. The molecule has 212 valence electrons. The summed E-state index contributed by atoms with van der Waals surface area (Å²) in [5.74, 6) is -1.07. The Bertz CT molecular complexity index is 1560. The van der Waals surface area contributed by atoms with Crippen LogP contribution in [0.15, 0.2) is 42.5 Å². The number of rotatable bonds is 5. The predicted octanol–water partition coefficient (Wildman–Crippen LogP) is 5.59. The van der Waals surface area contributed by atoms with Gasteiger partial charge in [-0.1, -0.05) is 18.2 Å². The van der Waals surface area contributed by atoms with Crippen molar-refractivity contribution in [3.8, 4) is 34.2 Å². The van der Waals surface area contributed by atoms with Crippen molar-refractivity contribution < 1.29 is 28.2 Å². The number of piperidine rings is 1. The highest BCUT2D eigenvalue weighted by Crippen LogP contribution is 2.39. The van der Waals surface area contributed by atoms with Gasteiger partial charge in [0.2, 0.25) is 5.69 Å². The van der Waals surface area contributed by atoms with Gasteiger partial charge in [0.1, 0.15) is 17.2 Å². The van der Waals surface area contributed by atoms with Crippen LogP contribution in [0.4, 0.5) is 25.1 Å². The number of hydrogen-bond donors (Lipinski definition) is 2. The van der Waals surface area contributed by atoms with Crippen LogP contribution in [0.25, 0.3) is 27.2 Å². The van der Waals surface area contributed by atoms with Crippen LogP contribution < -0.4 is 15.0 Å². The molecule has 3 aromatic rings. The fraction of sp³-hybridized carbons (Fsp3) is 0.333. The van der Waals surface area contributed by atoms with E-state index in [9.17, 15) is 23.9 Å². The molecule has 0 bridgehead atoms. The average molecular weight is 562 g/mol. The van der Waals surface area contributed by atoms with E-state index in [4.69, 9.17) is 21.0 Å². The van der Waals surface area contributed by atoms with E-state index < -0.39 is 35.5 Å². The molecule has 0 radical (unpaired) electrons. The zero-order chi connectivity index (χ0) is 29.9. The van der Waals surface area contributed by atoms with E-state index in [1.54, 1.807) is 31.7 Å². The minimum absolute atomic E-state index is 0.0164. The fourth-order valence-electron chi connectivity index (χ4n) is 4.62. The molecule has 2 heterocycles. The van der Waals surface area contributed by atoms with E-state index in [1.807, 2.05) is 0 Å². The number of methoxy groups -OCH3 is 1. The normalized spacial score (nSPS) is 16.9. The predicted molar refractivity (Wildman–Crippen MR) is 149 cm³/mol. The van der Waals surface area contributed by atoms with Gasteiger partial charge in [0, 0.05) is 24.2 Å². The van der Waals surface area contributed by atoms with Crippen molar-refractivity contribution in [1.29, 1.82) is 5.26 Å². The van der Waals surface area contributed by atoms with Crippen LogP contribution in [0.3, 0.4) is 0 Å². The largest absolute Gasteiger partial charge is 0.494 e. The zero-order valence-electron chi connectivity index (χ0n) is 23.0. The monoisotopic (exact) mass is 561 g/mol. The molecule has 1 aliphatic heterocycles. The number of aromatic nitrogens is 1. The third-order valence-corrected chi connectivity index (χ3v) is 6.52. The summed E-state index contributed by atoms with van der Waals surface area (Å²) in [5, 5.41) is 23.7. The number of hydrogen-bond acceptors (Lipinski definition) is 7. The van der Waals surface area contributed by atoms with E-state index in [0.717, 1.165) is 6.07 Å². The number of ether oxygens (including phenoxy) is 2. The van der Waals surface area contributed by atoms with Gasteiger partial charge in [-0.15, -0.1) is 0 Å². The number of nitriles is 1. The summed E-state index contributed by atoms with van der Waals surface area (Å²) in [6, 6.07) is 11.3. The van der Waals surface area contributed by atoms with Crippen molar-refractivity contribution in [2.24, 2.45) is 0 Å². The minimum Gasteiger partial charge on any atom is -0.494 e. The van der Waals surface area contributed by atoms with Crippen LogP contribution in [-0.2, 0) is 4.74 Å². The molecule has 9 nitrogen and oxygen atoms in total. The Hall–Kier alpha value is -4.74. The first kappa shape index (κ1) is 29.2. The molecule has 41 heavy (non-hydrogen) atoms. The van der Waals surface area contributed by atoms with Gasteiger partial charge < -0.3 is 24.8 Å². The molecular weight excluding hydrogens is 532 g/mol. The molecule has 0 aliphatic carbocycles. The molecule has 0 saturated carbocycles. The molecule has 1 amide bonds. The molecule has 11 heteroatoms. The molecule has 2 N–H and O–H groups in total. The number of benzene rings is 2. The summed E-state index contributed by atoms with van der Waals surface area (Å²) in [5.41, 5.74) is 0.352. The van der Waals surface area contributed by atoms with Crippen LogP contribution in [0, 0.1) is 29.5 Å². The molecule has 1 saturated heterocycles. The SMILES string of the molecule is [C-]#[N+]c1ccc(-c2nc(N3CCC(NC(=O)OC(C)(C)C)C(O)C3)cc(C#N)c2-c2ccc(OC)c(F)c2)cc1F. The Balaban J connectivity index is 1.75. The molecule has 2 unspecified atom stereocenters. The van der Waals surface area contributed by atoms with E-state index in [2.05, 4.69) is 16.2 Å². The van der Waals surface area contributed by atoms with E-state index in [-0.39, 0.29) is 40.4 Å². The van der Waals surface area contributed by atoms with Crippen molar-refractivity contribution >= 4 is 17.6 Å². The zero-order valence-corrected chi connectivity index (χ0v) is 23.0. The third kappa shape index (κ3) is 6.53. The molecule has 1 aromatic heterocycles. The molecular formula is C30H29F2N5O4. The highest BCUT2D eigenvalue weighted by molar-refractivity contribution is 5.87. The summed E-state index contributed by atoms with van der Waals surface area (Å²) in [4.78, 5) is 21.9. The Kier molecular flexibility index (Phi) is 8.41. The summed E-state index contributed by atoms with van der Waals surface area (Å²) < 4.78 is 39.7. The molecule has 4 rings (SSSR count). The number of carbonyl (C=O) groups is 1. The van der Waals surface area contributed by atoms with Crippen LogP contribution in [0.5, 0.6) is 5.75 Å². The minimum atomic E-state index is -0.974. The number of aliphatic hydroxyl groups excluding tert-OH is 1. The lowest BCUT2D eigenvalue weighted by molar-refractivity contribution is 0.0402. The van der Waals surface area contributed by atoms with Gasteiger partial charge in [-0.3, -0.25) is 0 Å². The Morgan fingerprint density at radius 2 is 1.90 bits per heavy atom. The van der Waals surface area contributed by atoms with Crippen molar-refractivity contribution in [2.75, 3.05) is 25.1 Å². The maximum Gasteiger partial charge on any atom is 0.407 e. The first-order valence-corrected chi connectivity index (χ1v) is 12.8. The quantitative estimate of drug-likeness (QED) is 0.391. The number of β-amino-alcohol motifs (C(OH)–C–C–N with tert-alkyl or cyclic N) is 1. The second-order valence-corrected chi connectivity index (χ2v) is 10.5. The number of halogens is 2. The number of pyridine rings is 1. The van der Waals surface area contributed by atoms with Gasteiger partial charge in [-0.25, -0.2) is 23.4 Å². The van der Waals surface area contributed by atoms with Crippen LogP contribution >= 0.6 is 0 Å². The number of anilines is 1. The summed E-state index contributed by atoms with van der Waals surface area (Å²) in [7, 11) is 1.34. The standard InChI is InChI=1S/C30H29F2N5O4/c1-30(2,3)41-29(39)35-23-10-11-37(16-24(23)38)26-14-19(15-33)27(17-7-9-25(40-5)21(32)12-17)28(36-26)18-6-8-22(34-4)20(31)13-18/h6-9,12-14,23-24,38H,10-11,16H2,1-3,5H3,(H,35,39). The van der Waals surface area contributed by atoms with Gasteiger partial charge in [0.15, 0.2) is 11.6 Å². The number of nitrogens with one attached hydrogen (secondary N) is 1. The highest BCUT2D eigenvalue weighted by atomic mass is 19.1. The smallest absolute Gasteiger partial charge is 0.407 e. The van der Waals surface area contributed by atoms with Gasteiger partial charge in [0.05, 0.1) is 43.2 Å². The first-order chi connectivity index (χ1) is 19.4. The number of nitrogens with zero attached hydrogens (tertiary/aromatic N) is 4. The van der Waals surface area contributed by atoms with Crippen LogP contribution in [0.1, 0.15) is 32.8 Å². The second-order valence-electron chi connectivity index (χ2n) is 10.5. The van der Waals surface area contributed by atoms with Gasteiger partial charge in [-0.2, -0.15) is 5.26 Å².